The van der Waals surface area contributed by atoms with E-state index in [0.717, 1.165) is 30.2 Å². The highest BCUT2D eigenvalue weighted by Crippen LogP contribution is 2.44. The van der Waals surface area contributed by atoms with Gasteiger partial charge < -0.3 is 14.8 Å². The molecular weight excluding hydrogens is 426 g/mol. The molecule has 1 fully saturated rings. The Morgan fingerprint density at radius 2 is 2.19 bits per heavy atom. The van der Waals surface area contributed by atoms with Crippen LogP contribution >= 0.6 is 11.3 Å². The van der Waals surface area contributed by atoms with Gasteiger partial charge in [-0.05, 0) is 43.5 Å². The summed E-state index contributed by atoms with van der Waals surface area (Å²) in [4.78, 5) is 42.9. The minimum absolute atomic E-state index is 0.0695. The molecule has 3 heterocycles. The summed E-state index contributed by atoms with van der Waals surface area (Å²) in [5, 5.41) is 9.09. The summed E-state index contributed by atoms with van der Waals surface area (Å²) < 4.78 is 2.13. The summed E-state index contributed by atoms with van der Waals surface area (Å²) in [7, 11) is 1.67. The maximum Gasteiger partial charge on any atom is 0.268 e. The minimum Gasteiger partial charge on any atom is -0.348 e. The Bertz CT molecular complexity index is 1270. The average Bonchev–Trinajstić information content (AvgIpc) is 3.36. The number of amides is 3. The predicted octanol–water partition coefficient (Wildman–Crippen LogP) is 3.12. The van der Waals surface area contributed by atoms with Crippen molar-refractivity contribution in [2.24, 2.45) is 0 Å². The molecule has 0 atom stereocenters. The fraction of sp³-hybridized carbons (Fsp3) is 0.304. The first-order chi connectivity index (χ1) is 15.4. The number of aromatic nitrogens is 2. The Labute approximate surface area is 188 Å². The van der Waals surface area contributed by atoms with E-state index in [2.05, 4.69) is 26.8 Å². The lowest BCUT2D eigenvalue weighted by atomic mass is 9.75. The first-order valence-electron chi connectivity index (χ1n) is 10.5. The topological polar surface area (TPSA) is 96.3 Å². The summed E-state index contributed by atoms with van der Waals surface area (Å²) in [5.41, 5.74) is 2.68. The number of likely N-dealkylation sites (N-methyl/N-ethyl adjacent to an activating group) is 1. The molecule has 2 aliphatic rings. The van der Waals surface area contributed by atoms with Crippen LogP contribution in [-0.2, 0) is 16.9 Å². The Balaban J connectivity index is 1.39. The van der Waals surface area contributed by atoms with Crippen LogP contribution in [0.15, 0.2) is 42.3 Å². The normalized spacial score (nSPS) is 16.2. The van der Waals surface area contributed by atoms with Crippen LogP contribution < -0.4 is 10.6 Å². The lowest BCUT2D eigenvalue weighted by Crippen LogP contribution is -2.55. The number of nitrogens with one attached hydrogen (secondary N) is 2. The maximum absolute atomic E-state index is 12.9. The van der Waals surface area contributed by atoms with Crippen molar-refractivity contribution in [3.05, 3.63) is 59.3 Å². The van der Waals surface area contributed by atoms with E-state index in [1.54, 1.807) is 13.1 Å². The number of anilines is 1. The lowest BCUT2D eigenvalue weighted by molar-refractivity contribution is -0.125. The first kappa shape index (κ1) is 20.4. The van der Waals surface area contributed by atoms with Gasteiger partial charge in [0, 0.05) is 29.9 Å². The molecule has 9 heteroatoms. The Hall–Kier alpha value is -3.46. The van der Waals surface area contributed by atoms with Crippen LogP contribution in [0, 0.1) is 0 Å². The number of carbonyl (C=O) groups is 3. The van der Waals surface area contributed by atoms with Gasteiger partial charge in [0.05, 0.1) is 23.3 Å². The third kappa shape index (κ3) is 3.29. The van der Waals surface area contributed by atoms with Crippen LogP contribution in [0.2, 0.25) is 0 Å². The van der Waals surface area contributed by atoms with Crippen molar-refractivity contribution >= 4 is 45.1 Å². The molecule has 164 valence electrons. The quantitative estimate of drug-likeness (QED) is 0.585. The number of carbonyl (C=O) groups excluding carboxylic acids is 3. The average molecular weight is 450 g/mol. The van der Waals surface area contributed by atoms with E-state index < -0.39 is 0 Å². The number of nitrogens with zero attached hydrogens (tertiary/aromatic N) is 3. The van der Waals surface area contributed by atoms with Gasteiger partial charge in [0.25, 0.3) is 11.8 Å². The summed E-state index contributed by atoms with van der Waals surface area (Å²) in [6, 6.07) is 7.41. The number of fused-ring (bicyclic) bond motifs is 4. The zero-order valence-electron chi connectivity index (χ0n) is 17.7. The second-order valence-electron chi connectivity index (χ2n) is 8.40. The van der Waals surface area contributed by atoms with Crippen molar-refractivity contribution in [2.45, 2.75) is 31.3 Å². The molecule has 2 aromatic heterocycles. The van der Waals surface area contributed by atoms with Crippen molar-refractivity contribution in [1.82, 2.24) is 19.8 Å². The van der Waals surface area contributed by atoms with Crippen molar-refractivity contribution in [2.75, 3.05) is 18.9 Å². The molecule has 1 aliphatic carbocycles. The van der Waals surface area contributed by atoms with Gasteiger partial charge in [-0.15, -0.1) is 11.3 Å². The molecular formula is C23H23N5O3S. The zero-order chi connectivity index (χ0) is 22.5. The van der Waals surface area contributed by atoms with Crippen molar-refractivity contribution in [1.29, 1.82) is 0 Å². The summed E-state index contributed by atoms with van der Waals surface area (Å²) in [5.74, 6) is -0.521. The standard InChI is InChI=1S/C23H23N5O3S/c1-3-19(29)27(2)11-16-12-32-22(25-16)26-20(30)15-6-5-14-9-18-21(31)24-13-23(7-4-8-23)28(18)17(14)10-15/h3,5-6,9-10,12H,1,4,7-8,11,13H2,2H3,(H,24,31)(H,25,26,30). The van der Waals surface area contributed by atoms with Gasteiger partial charge in [-0.2, -0.15) is 0 Å². The smallest absolute Gasteiger partial charge is 0.268 e. The van der Waals surface area contributed by atoms with E-state index in [1.807, 2.05) is 23.6 Å². The number of hydrogen-bond donors (Lipinski definition) is 2. The molecule has 0 saturated heterocycles. The largest absolute Gasteiger partial charge is 0.348 e. The third-order valence-corrected chi connectivity index (χ3v) is 7.16. The number of hydrogen-bond acceptors (Lipinski definition) is 5. The van der Waals surface area contributed by atoms with Crippen LogP contribution in [-0.4, -0.2) is 45.8 Å². The number of rotatable bonds is 5. The van der Waals surface area contributed by atoms with Gasteiger partial charge in [-0.3, -0.25) is 19.7 Å². The van der Waals surface area contributed by atoms with E-state index in [1.165, 1.54) is 22.3 Å². The summed E-state index contributed by atoms with van der Waals surface area (Å²) in [6.07, 6.45) is 4.42. The molecule has 0 bridgehead atoms. The van der Waals surface area contributed by atoms with Gasteiger partial charge in [0.2, 0.25) is 5.91 Å². The Kier molecular flexibility index (Phi) is 4.85. The fourth-order valence-corrected chi connectivity index (χ4v) is 5.20. The molecule has 2 N–H and O–H groups in total. The number of benzene rings is 1. The molecule has 0 radical (unpaired) electrons. The van der Waals surface area contributed by atoms with Gasteiger partial charge in [0.1, 0.15) is 5.69 Å². The van der Waals surface area contributed by atoms with E-state index in [0.29, 0.717) is 35.2 Å². The van der Waals surface area contributed by atoms with Crippen LogP contribution in [0.5, 0.6) is 0 Å². The molecule has 32 heavy (non-hydrogen) atoms. The van der Waals surface area contributed by atoms with Gasteiger partial charge >= 0.3 is 0 Å². The predicted molar refractivity (Wildman–Crippen MR) is 123 cm³/mol. The van der Waals surface area contributed by atoms with Gasteiger partial charge in [0.15, 0.2) is 5.13 Å². The van der Waals surface area contributed by atoms with Crippen LogP contribution in [0.25, 0.3) is 10.9 Å². The molecule has 1 aromatic carbocycles. The van der Waals surface area contributed by atoms with Crippen LogP contribution in [0.4, 0.5) is 5.13 Å². The van der Waals surface area contributed by atoms with Crippen molar-refractivity contribution < 1.29 is 14.4 Å². The summed E-state index contributed by atoms with van der Waals surface area (Å²) in [6.45, 7) is 4.44. The Morgan fingerprint density at radius 1 is 1.38 bits per heavy atom. The van der Waals surface area contributed by atoms with Crippen molar-refractivity contribution in [3.63, 3.8) is 0 Å². The van der Waals surface area contributed by atoms with E-state index in [-0.39, 0.29) is 23.3 Å². The summed E-state index contributed by atoms with van der Waals surface area (Å²) >= 11 is 1.31. The third-order valence-electron chi connectivity index (χ3n) is 6.36. The molecule has 5 rings (SSSR count). The highest BCUT2D eigenvalue weighted by atomic mass is 32.1. The highest BCUT2D eigenvalue weighted by molar-refractivity contribution is 7.14. The van der Waals surface area contributed by atoms with E-state index in [4.69, 9.17) is 0 Å². The van der Waals surface area contributed by atoms with Gasteiger partial charge in [-0.25, -0.2) is 4.98 Å². The molecule has 1 aliphatic heterocycles. The lowest BCUT2D eigenvalue weighted by Gasteiger charge is -2.47. The fourth-order valence-electron chi connectivity index (χ4n) is 4.50. The highest BCUT2D eigenvalue weighted by Gasteiger charge is 2.44. The molecule has 8 nitrogen and oxygen atoms in total. The molecule has 1 spiro atoms. The molecule has 1 saturated carbocycles. The second-order valence-corrected chi connectivity index (χ2v) is 9.25. The molecule has 0 unspecified atom stereocenters. The SMILES string of the molecule is C=CC(=O)N(C)Cc1csc(NC(=O)c2ccc3cc4n(c3c2)C2(CCC2)CNC4=O)n1. The maximum atomic E-state index is 12.9. The number of thiazole rings is 1. The first-order valence-corrected chi connectivity index (χ1v) is 11.4. The molecule has 3 amide bonds. The Morgan fingerprint density at radius 3 is 2.91 bits per heavy atom. The minimum atomic E-state index is -0.262. The van der Waals surface area contributed by atoms with Crippen LogP contribution in [0.3, 0.4) is 0 Å². The van der Waals surface area contributed by atoms with E-state index in [9.17, 15) is 14.4 Å². The zero-order valence-corrected chi connectivity index (χ0v) is 18.5. The molecule has 3 aromatic rings. The van der Waals surface area contributed by atoms with Gasteiger partial charge in [-0.1, -0.05) is 12.6 Å². The van der Waals surface area contributed by atoms with Crippen LogP contribution in [0.1, 0.15) is 45.8 Å². The van der Waals surface area contributed by atoms with E-state index >= 15 is 0 Å². The van der Waals surface area contributed by atoms with Crippen molar-refractivity contribution in [3.8, 4) is 0 Å². The monoisotopic (exact) mass is 449 g/mol. The second kappa shape index (κ2) is 7.59.